The Hall–Kier alpha value is -0.790. The average molecular weight is 167 g/mol. The molecule has 2 heteroatoms. The van der Waals surface area contributed by atoms with Gasteiger partial charge < -0.3 is 0 Å². The van der Waals surface area contributed by atoms with Crippen molar-refractivity contribution in [1.82, 2.24) is 4.57 Å². The summed E-state index contributed by atoms with van der Waals surface area (Å²) in [5, 5.41) is 0. The maximum absolute atomic E-state index is 2.33. The predicted octanol–water partition coefficient (Wildman–Crippen LogP) is 1.90. The summed E-state index contributed by atoms with van der Waals surface area (Å²) < 4.78 is 4.60. The highest BCUT2D eigenvalue weighted by Gasteiger charge is 2.08. The van der Waals surface area contributed by atoms with Crippen LogP contribution in [-0.2, 0) is 13.1 Å². The molecular weight excluding hydrogens is 148 g/mol. The van der Waals surface area contributed by atoms with Crippen molar-refractivity contribution in [2.75, 3.05) is 0 Å². The van der Waals surface area contributed by atoms with Gasteiger partial charge in [-0.05, 0) is 13.3 Å². The third-order valence-corrected chi connectivity index (χ3v) is 2.35. The summed E-state index contributed by atoms with van der Waals surface area (Å²) in [6, 6.07) is 0. The van der Waals surface area contributed by atoms with E-state index in [-0.39, 0.29) is 0 Å². The largest absolute Gasteiger partial charge is 0.253 e. The van der Waals surface area contributed by atoms with Gasteiger partial charge in [-0.25, -0.2) is 9.13 Å². The summed E-state index contributed by atoms with van der Waals surface area (Å²) in [5.41, 5.74) is 0. The quantitative estimate of drug-likeness (QED) is 0.606. The first kappa shape index (κ1) is 9.30. The molecule has 0 aromatic carbocycles. The molecule has 12 heavy (non-hydrogen) atoms. The van der Waals surface area contributed by atoms with Gasteiger partial charge in [0.1, 0.15) is 12.4 Å². The zero-order chi connectivity index (χ0) is 8.97. The van der Waals surface area contributed by atoms with Gasteiger partial charge >= 0.3 is 0 Å². The Balaban J connectivity index is 2.66. The molecule has 0 atom stereocenters. The van der Waals surface area contributed by atoms with Crippen LogP contribution in [-0.4, -0.2) is 4.57 Å². The standard InChI is InChI=1S/C10H19N2/c1-4-6-7-12-9-8-11(5-2)10(12)3/h8-9H,4-7H2,1-3H3/q+1. The first-order valence-corrected chi connectivity index (χ1v) is 4.84. The molecule has 1 aromatic rings. The molecule has 0 amide bonds. The number of unbranched alkanes of at least 4 members (excludes halogenated alkanes) is 1. The van der Waals surface area contributed by atoms with Crippen molar-refractivity contribution < 1.29 is 4.57 Å². The highest BCUT2D eigenvalue weighted by atomic mass is 15.1. The Bertz CT molecular complexity index is 238. The van der Waals surface area contributed by atoms with Crippen LogP contribution < -0.4 is 4.57 Å². The molecule has 1 aromatic heterocycles. The SMILES string of the molecule is CCCCn1cc[n+](CC)c1C. The van der Waals surface area contributed by atoms with E-state index in [2.05, 4.69) is 42.3 Å². The summed E-state index contributed by atoms with van der Waals surface area (Å²) in [5.74, 6) is 1.37. The first-order chi connectivity index (χ1) is 5.79. The molecule has 0 bridgehead atoms. The molecule has 0 saturated heterocycles. The number of hydrogen-bond acceptors (Lipinski definition) is 0. The fourth-order valence-electron chi connectivity index (χ4n) is 1.44. The van der Waals surface area contributed by atoms with E-state index < -0.39 is 0 Å². The lowest BCUT2D eigenvalue weighted by atomic mass is 10.3. The lowest BCUT2D eigenvalue weighted by Crippen LogP contribution is -2.33. The molecule has 0 radical (unpaired) electrons. The summed E-state index contributed by atoms with van der Waals surface area (Å²) in [6.07, 6.45) is 6.88. The van der Waals surface area contributed by atoms with Gasteiger partial charge in [0, 0.05) is 6.92 Å². The van der Waals surface area contributed by atoms with Crippen molar-refractivity contribution in [3.8, 4) is 0 Å². The number of rotatable bonds is 4. The molecule has 1 heterocycles. The van der Waals surface area contributed by atoms with Crippen LogP contribution in [0, 0.1) is 6.92 Å². The van der Waals surface area contributed by atoms with Gasteiger partial charge in [-0.3, -0.25) is 0 Å². The number of imidazole rings is 1. The molecule has 1 rings (SSSR count). The second-order valence-corrected chi connectivity index (χ2v) is 3.18. The van der Waals surface area contributed by atoms with E-state index >= 15 is 0 Å². The Kier molecular flexibility index (Phi) is 3.32. The van der Waals surface area contributed by atoms with Crippen LogP contribution in [0.25, 0.3) is 0 Å². The van der Waals surface area contributed by atoms with Crippen molar-refractivity contribution in [3.05, 3.63) is 18.2 Å². The Morgan fingerprint density at radius 3 is 2.67 bits per heavy atom. The van der Waals surface area contributed by atoms with Crippen molar-refractivity contribution in [1.29, 1.82) is 0 Å². The van der Waals surface area contributed by atoms with Gasteiger partial charge in [-0.15, -0.1) is 0 Å². The molecular formula is C10H19N2+. The molecule has 0 fully saturated rings. The lowest BCUT2D eigenvalue weighted by Gasteiger charge is -1.97. The highest BCUT2D eigenvalue weighted by molar-refractivity contribution is 4.79. The van der Waals surface area contributed by atoms with Crippen molar-refractivity contribution in [2.24, 2.45) is 0 Å². The van der Waals surface area contributed by atoms with Crippen LogP contribution >= 0.6 is 0 Å². The smallest absolute Gasteiger partial charge is 0.235 e. The zero-order valence-electron chi connectivity index (χ0n) is 8.38. The molecule has 0 spiro atoms. The van der Waals surface area contributed by atoms with Crippen molar-refractivity contribution in [3.63, 3.8) is 0 Å². The van der Waals surface area contributed by atoms with E-state index in [1.54, 1.807) is 0 Å². The Morgan fingerprint density at radius 2 is 2.17 bits per heavy atom. The number of nitrogens with zero attached hydrogens (tertiary/aromatic N) is 2. The van der Waals surface area contributed by atoms with Crippen molar-refractivity contribution in [2.45, 2.75) is 46.7 Å². The minimum atomic E-state index is 1.07. The zero-order valence-corrected chi connectivity index (χ0v) is 8.38. The summed E-state index contributed by atoms with van der Waals surface area (Å²) >= 11 is 0. The summed E-state index contributed by atoms with van der Waals surface area (Å²) in [6.45, 7) is 8.82. The van der Waals surface area contributed by atoms with Crippen LogP contribution in [0.1, 0.15) is 32.5 Å². The van der Waals surface area contributed by atoms with Crippen LogP contribution in [0.3, 0.4) is 0 Å². The molecule has 0 aliphatic carbocycles. The van der Waals surface area contributed by atoms with Gasteiger partial charge in [-0.1, -0.05) is 13.3 Å². The van der Waals surface area contributed by atoms with Gasteiger partial charge in [0.15, 0.2) is 0 Å². The molecule has 0 N–H and O–H groups in total. The average Bonchev–Trinajstić information content (AvgIpc) is 2.43. The summed E-state index contributed by atoms with van der Waals surface area (Å²) in [4.78, 5) is 0. The minimum Gasteiger partial charge on any atom is -0.235 e. The number of hydrogen-bond donors (Lipinski definition) is 0. The minimum absolute atomic E-state index is 1.07. The third kappa shape index (κ3) is 1.87. The van der Waals surface area contributed by atoms with Gasteiger partial charge in [0.2, 0.25) is 0 Å². The first-order valence-electron chi connectivity index (χ1n) is 4.84. The van der Waals surface area contributed by atoms with E-state index in [4.69, 9.17) is 0 Å². The molecule has 0 aliphatic rings. The maximum atomic E-state index is 2.33. The fourth-order valence-corrected chi connectivity index (χ4v) is 1.44. The van der Waals surface area contributed by atoms with Gasteiger partial charge in [0.05, 0.1) is 13.1 Å². The Morgan fingerprint density at radius 1 is 1.42 bits per heavy atom. The molecule has 0 saturated carbocycles. The number of aromatic nitrogens is 2. The van der Waals surface area contributed by atoms with E-state index in [9.17, 15) is 0 Å². The third-order valence-electron chi connectivity index (χ3n) is 2.35. The highest BCUT2D eigenvalue weighted by Crippen LogP contribution is 1.97. The second-order valence-electron chi connectivity index (χ2n) is 3.18. The van der Waals surface area contributed by atoms with Crippen molar-refractivity contribution >= 4 is 0 Å². The lowest BCUT2D eigenvalue weighted by molar-refractivity contribution is -0.699. The maximum Gasteiger partial charge on any atom is 0.253 e. The molecule has 0 aliphatic heterocycles. The van der Waals surface area contributed by atoms with E-state index in [1.165, 1.54) is 18.7 Å². The van der Waals surface area contributed by atoms with Crippen LogP contribution in [0.5, 0.6) is 0 Å². The Labute approximate surface area is 74.8 Å². The van der Waals surface area contributed by atoms with Crippen LogP contribution in [0.2, 0.25) is 0 Å². The van der Waals surface area contributed by atoms with Gasteiger partial charge in [-0.2, -0.15) is 0 Å². The topological polar surface area (TPSA) is 8.81 Å². The van der Waals surface area contributed by atoms with Crippen LogP contribution in [0.15, 0.2) is 12.4 Å². The molecule has 0 unspecified atom stereocenters. The normalized spacial score (nSPS) is 10.6. The molecule has 2 nitrogen and oxygen atoms in total. The number of aryl methyl sites for hydroxylation is 2. The fraction of sp³-hybridized carbons (Fsp3) is 0.700. The summed E-state index contributed by atoms with van der Waals surface area (Å²) in [7, 11) is 0. The second kappa shape index (κ2) is 4.29. The van der Waals surface area contributed by atoms with E-state index in [0.29, 0.717) is 0 Å². The van der Waals surface area contributed by atoms with Gasteiger partial charge in [0.25, 0.3) is 5.82 Å². The molecule has 68 valence electrons. The predicted molar refractivity (Wildman–Crippen MR) is 49.9 cm³/mol. The monoisotopic (exact) mass is 167 g/mol. The van der Waals surface area contributed by atoms with Crippen LogP contribution in [0.4, 0.5) is 0 Å². The van der Waals surface area contributed by atoms with E-state index in [0.717, 1.165) is 13.1 Å². The van der Waals surface area contributed by atoms with E-state index in [1.807, 2.05) is 0 Å².